The summed E-state index contributed by atoms with van der Waals surface area (Å²) in [5, 5.41) is 7.53. The van der Waals surface area contributed by atoms with Gasteiger partial charge in [0.1, 0.15) is 0 Å². The number of nitrogens with zero attached hydrogens (tertiary/aromatic N) is 1. The minimum atomic E-state index is -1.55. The Balaban J connectivity index is 0. The molecule has 0 rings (SSSR count). The lowest BCUT2D eigenvalue weighted by Gasteiger charge is -2.14. The zero-order valence-electron chi connectivity index (χ0n) is 12.0. The van der Waals surface area contributed by atoms with E-state index in [1.54, 1.807) is 4.90 Å². The minimum absolute atomic E-state index is 0.185. The molecule has 0 fully saturated rings. The first-order chi connectivity index (χ1) is 9.18. The SMILES string of the molecule is CC(CCCCCOC(=S)N(C)C)=C(F)F.NC(O)=S. The molecule has 0 aromatic heterocycles. The van der Waals surface area contributed by atoms with Crippen LogP contribution < -0.4 is 5.73 Å². The first kappa shape index (κ1) is 21.3. The largest absolute Gasteiger partial charge is 0.487 e. The van der Waals surface area contributed by atoms with Crippen LogP contribution in [0.1, 0.15) is 32.6 Å². The molecular formula is C12H22F2N2O2S2. The van der Waals surface area contributed by atoms with Crippen LogP contribution in [0, 0.1) is 0 Å². The van der Waals surface area contributed by atoms with Crippen molar-refractivity contribution in [3.8, 4) is 0 Å². The number of aliphatic hydroxyl groups is 1. The Kier molecular flexibility index (Phi) is 13.8. The zero-order chi connectivity index (χ0) is 16.1. The maximum absolute atomic E-state index is 12.0. The molecule has 4 nitrogen and oxygen atoms in total. The van der Waals surface area contributed by atoms with E-state index in [4.69, 9.17) is 22.1 Å². The summed E-state index contributed by atoms with van der Waals surface area (Å²) in [5.41, 5.74) is 4.58. The molecule has 0 aromatic carbocycles. The van der Waals surface area contributed by atoms with E-state index in [9.17, 15) is 8.78 Å². The van der Waals surface area contributed by atoms with Crippen LogP contribution in [0.5, 0.6) is 0 Å². The van der Waals surface area contributed by atoms with E-state index in [1.807, 2.05) is 14.1 Å². The highest BCUT2D eigenvalue weighted by molar-refractivity contribution is 7.80. The molecule has 0 radical (unpaired) electrons. The van der Waals surface area contributed by atoms with Gasteiger partial charge in [-0.25, -0.2) is 0 Å². The molecule has 3 N–H and O–H groups in total. The molecule has 8 heteroatoms. The van der Waals surface area contributed by atoms with Crippen molar-refractivity contribution >= 4 is 34.8 Å². The van der Waals surface area contributed by atoms with Crippen LogP contribution in [0.15, 0.2) is 11.7 Å². The number of unbranched alkanes of at least 4 members (excludes halogenated alkanes) is 2. The van der Waals surface area contributed by atoms with Crippen molar-refractivity contribution in [2.45, 2.75) is 32.6 Å². The molecule has 0 spiro atoms. The Labute approximate surface area is 129 Å². The molecule has 0 aliphatic heterocycles. The van der Waals surface area contributed by atoms with E-state index in [0.717, 1.165) is 19.3 Å². The maximum atomic E-state index is 12.0. The van der Waals surface area contributed by atoms with Crippen molar-refractivity contribution in [3.63, 3.8) is 0 Å². The predicted molar refractivity (Wildman–Crippen MR) is 85.0 cm³/mol. The zero-order valence-corrected chi connectivity index (χ0v) is 13.6. The number of halogens is 2. The highest BCUT2D eigenvalue weighted by Crippen LogP contribution is 2.14. The highest BCUT2D eigenvalue weighted by Gasteiger charge is 2.01. The van der Waals surface area contributed by atoms with Crippen LogP contribution in [0.4, 0.5) is 8.78 Å². The Morgan fingerprint density at radius 1 is 1.20 bits per heavy atom. The summed E-state index contributed by atoms with van der Waals surface area (Å²) in [6.07, 6.45) is 1.39. The van der Waals surface area contributed by atoms with E-state index >= 15 is 0 Å². The Hall–Kier alpha value is -1.02. The van der Waals surface area contributed by atoms with Crippen molar-refractivity contribution in [2.75, 3.05) is 20.7 Å². The second-order valence-electron chi connectivity index (χ2n) is 4.20. The molecule has 0 aromatic rings. The smallest absolute Gasteiger partial charge is 0.269 e. The molecule has 0 saturated carbocycles. The van der Waals surface area contributed by atoms with Gasteiger partial charge >= 0.3 is 0 Å². The number of hydrogen-bond acceptors (Lipinski definition) is 3. The van der Waals surface area contributed by atoms with Gasteiger partial charge < -0.3 is 20.5 Å². The van der Waals surface area contributed by atoms with Crippen LogP contribution in [0.2, 0.25) is 0 Å². The highest BCUT2D eigenvalue weighted by atomic mass is 32.1. The number of hydrogen-bond donors (Lipinski definition) is 2. The van der Waals surface area contributed by atoms with Crippen molar-refractivity contribution in [2.24, 2.45) is 5.73 Å². The van der Waals surface area contributed by atoms with Crippen molar-refractivity contribution in [1.29, 1.82) is 0 Å². The van der Waals surface area contributed by atoms with E-state index in [0.29, 0.717) is 18.2 Å². The van der Waals surface area contributed by atoms with Gasteiger partial charge in [-0.2, -0.15) is 8.78 Å². The number of ether oxygens (including phenoxy) is 1. The molecule has 0 aliphatic carbocycles. The summed E-state index contributed by atoms with van der Waals surface area (Å²) in [5.74, 6) is 0. The van der Waals surface area contributed by atoms with Gasteiger partial charge in [-0.05, 0) is 62.6 Å². The van der Waals surface area contributed by atoms with Gasteiger partial charge in [-0.15, -0.1) is 0 Å². The first-order valence-electron chi connectivity index (χ1n) is 6.01. The van der Waals surface area contributed by atoms with Crippen LogP contribution >= 0.6 is 24.4 Å². The lowest BCUT2D eigenvalue weighted by atomic mass is 10.1. The van der Waals surface area contributed by atoms with Crippen LogP contribution in [0.3, 0.4) is 0 Å². The minimum Gasteiger partial charge on any atom is -0.487 e. The maximum Gasteiger partial charge on any atom is 0.269 e. The van der Waals surface area contributed by atoms with Crippen molar-refractivity contribution in [1.82, 2.24) is 4.90 Å². The summed E-state index contributed by atoms with van der Waals surface area (Å²) in [6, 6.07) is 0. The molecular weight excluding hydrogens is 306 g/mol. The van der Waals surface area contributed by atoms with E-state index in [-0.39, 0.29) is 5.57 Å². The second-order valence-corrected chi connectivity index (χ2v) is 4.97. The first-order valence-corrected chi connectivity index (χ1v) is 6.83. The normalized spacial score (nSPS) is 9.05. The van der Waals surface area contributed by atoms with Crippen LogP contribution in [-0.2, 0) is 4.74 Å². The van der Waals surface area contributed by atoms with Gasteiger partial charge in [0.15, 0.2) is 0 Å². The number of thiocarbonyl (C=S) groups is 2. The fourth-order valence-electron chi connectivity index (χ4n) is 1.05. The summed E-state index contributed by atoms with van der Waals surface area (Å²) < 4.78 is 29.3. The molecule has 0 saturated heterocycles. The second kappa shape index (κ2) is 13.0. The third-order valence-corrected chi connectivity index (χ3v) is 2.59. The Morgan fingerprint density at radius 3 is 2.10 bits per heavy atom. The average molecular weight is 328 g/mol. The monoisotopic (exact) mass is 328 g/mol. The van der Waals surface area contributed by atoms with Gasteiger partial charge in [0, 0.05) is 14.1 Å². The topological polar surface area (TPSA) is 58.7 Å². The van der Waals surface area contributed by atoms with Gasteiger partial charge in [-0.3, -0.25) is 0 Å². The van der Waals surface area contributed by atoms with Gasteiger partial charge in [0.25, 0.3) is 16.4 Å². The fraction of sp³-hybridized carbons (Fsp3) is 0.667. The summed E-state index contributed by atoms with van der Waals surface area (Å²) in [6.45, 7) is 2.02. The van der Waals surface area contributed by atoms with E-state index < -0.39 is 11.3 Å². The molecule has 0 amide bonds. The summed E-state index contributed by atoms with van der Waals surface area (Å²) >= 11 is 8.80. The van der Waals surface area contributed by atoms with Gasteiger partial charge in [-0.1, -0.05) is 0 Å². The van der Waals surface area contributed by atoms with E-state index in [2.05, 4.69) is 18.0 Å². The number of nitrogens with two attached hydrogens (primary N) is 1. The molecule has 20 heavy (non-hydrogen) atoms. The van der Waals surface area contributed by atoms with Gasteiger partial charge in [0.05, 0.1) is 6.61 Å². The summed E-state index contributed by atoms with van der Waals surface area (Å²) in [4.78, 5) is 1.72. The number of aliphatic hydroxyl groups excluding tert-OH is 1. The molecule has 0 bridgehead atoms. The average Bonchev–Trinajstić information content (AvgIpc) is 2.31. The molecule has 118 valence electrons. The molecule has 0 heterocycles. The quantitative estimate of drug-likeness (QED) is 0.576. The standard InChI is InChI=1S/C11H19F2NOS.CH3NOS/c1-9(10(12)13)7-5-4-6-8-15-11(16)14(2)3;2-1(3)4/h4-8H2,1-3H3;(H3,2,3,4). The third-order valence-electron chi connectivity index (χ3n) is 2.11. The fourth-order valence-corrected chi connectivity index (χ4v) is 1.14. The lowest BCUT2D eigenvalue weighted by Crippen LogP contribution is -2.22. The van der Waals surface area contributed by atoms with Crippen molar-refractivity contribution in [3.05, 3.63) is 11.7 Å². The van der Waals surface area contributed by atoms with Gasteiger partial charge in [0.2, 0.25) is 0 Å². The Morgan fingerprint density at radius 2 is 1.70 bits per heavy atom. The number of rotatable bonds is 6. The third kappa shape index (κ3) is 17.0. The molecule has 0 atom stereocenters. The predicted octanol–water partition coefficient (Wildman–Crippen LogP) is 3.37. The van der Waals surface area contributed by atoms with Crippen molar-refractivity contribution < 1.29 is 18.6 Å². The molecule has 0 unspecified atom stereocenters. The lowest BCUT2D eigenvalue weighted by molar-refractivity contribution is 0.260. The van der Waals surface area contributed by atoms with Crippen LogP contribution in [-0.4, -0.2) is 41.1 Å². The van der Waals surface area contributed by atoms with E-state index in [1.165, 1.54) is 6.92 Å². The summed E-state index contributed by atoms with van der Waals surface area (Å²) in [7, 11) is 3.64. The van der Waals surface area contributed by atoms with Crippen LogP contribution in [0.25, 0.3) is 0 Å². The Bertz CT molecular complexity index is 329. The number of allylic oxidation sites excluding steroid dienone is 1. The molecule has 0 aliphatic rings.